The van der Waals surface area contributed by atoms with Crippen LogP contribution in [0.3, 0.4) is 0 Å². The van der Waals surface area contributed by atoms with Crippen molar-refractivity contribution in [1.82, 2.24) is 15.5 Å². The van der Waals surface area contributed by atoms with Crippen LogP contribution in [0.25, 0.3) is 0 Å². The first kappa shape index (κ1) is 13.8. The van der Waals surface area contributed by atoms with Crippen molar-refractivity contribution < 1.29 is 4.74 Å². The Balaban J connectivity index is 2.21. The molecule has 1 N–H and O–H groups in total. The molecular weight excluding hydrogens is 262 g/mol. The van der Waals surface area contributed by atoms with Gasteiger partial charge in [-0.05, 0) is 50.2 Å². The van der Waals surface area contributed by atoms with E-state index in [4.69, 9.17) is 16.3 Å². The summed E-state index contributed by atoms with van der Waals surface area (Å²) in [5.74, 6) is 1.26. The molecule has 1 aromatic heterocycles. The second-order valence-corrected chi connectivity index (χ2v) is 4.80. The predicted molar refractivity (Wildman–Crippen MR) is 75.8 cm³/mol. The molecule has 2 aromatic rings. The summed E-state index contributed by atoms with van der Waals surface area (Å²) in [6, 6.07) is 7.44. The lowest BCUT2D eigenvalue weighted by molar-refractivity contribution is 0.447. The third-order valence-electron chi connectivity index (χ3n) is 2.68. The number of nitrogens with one attached hydrogen (secondary N) is 1. The van der Waals surface area contributed by atoms with Crippen molar-refractivity contribution in [2.24, 2.45) is 0 Å². The van der Waals surface area contributed by atoms with Crippen LogP contribution in [0.1, 0.15) is 16.8 Å². The minimum Gasteiger partial charge on any atom is -0.437 e. The Bertz CT molecular complexity index is 546. The second kappa shape index (κ2) is 5.99. The molecule has 1 heterocycles. The molecule has 0 saturated carbocycles. The number of hydrogen-bond acceptors (Lipinski definition) is 4. The van der Waals surface area contributed by atoms with Crippen LogP contribution in [0.5, 0.6) is 11.6 Å². The van der Waals surface area contributed by atoms with Crippen molar-refractivity contribution in [3.63, 3.8) is 0 Å². The van der Waals surface area contributed by atoms with Crippen LogP contribution >= 0.6 is 11.6 Å². The van der Waals surface area contributed by atoms with Crippen LogP contribution in [0.15, 0.2) is 24.3 Å². The van der Waals surface area contributed by atoms with E-state index >= 15 is 0 Å². The van der Waals surface area contributed by atoms with E-state index in [1.807, 2.05) is 45.2 Å². The molecule has 0 fully saturated rings. The summed E-state index contributed by atoms with van der Waals surface area (Å²) in [4.78, 5) is 0. The molecule has 0 aliphatic carbocycles. The van der Waals surface area contributed by atoms with Crippen molar-refractivity contribution in [3.05, 3.63) is 46.1 Å². The lowest BCUT2D eigenvalue weighted by atomic mass is 10.1. The normalized spacial score (nSPS) is 10.5. The maximum absolute atomic E-state index is 5.99. The summed E-state index contributed by atoms with van der Waals surface area (Å²) in [5.41, 5.74) is 2.83. The van der Waals surface area contributed by atoms with E-state index in [2.05, 4.69) is 15.5 Å². The molecule has 4 nitrogen and oxygen atoms in total. The zero-order valence-corrected chi connectivity index (χ0v) is 12.0. The molecule has 0 atom stereocenters. The molecule has 19 heavy (non-hydrogen) atoms. The Morgan fingerprint density at radius 2 is 1.84 bits per heavy atom. The summed E-state index contributed by atoms with van der Waals surface area (Å²) in [6.07, 6.45) is 0. The molecule has 0 bridgehead atoms. The third kappa shape index (κ3) is 3.43. The number of aryl methyl sites for hydroxylation is 2. The largest absolute Gasteiger partial charge is 0.437 e. The van der Waals surface area contributed by atoms with E-state index in [9.17, 15) is 0 Å². The van der Waals surface area contributed by atoms with Gasteiger partial charge in [0.05, 0.1) is 5.69 Å². The molecule has 0 saturated heterocycles. The smallest absolute Gasteiger partial charge is 0.238 e. The average molecular weight is 278 g/mol. The van der Waals surface area contributed by atoms with Gasteiger partial charge in [-0.2, -0.15) is 5.10 Å². The van der Waals surface area contributed by atoms with Gasteiger partial charge in [0, 0.05) is 17.6 Å². The minimum atomic E-state index is 0.480. The van der Waals surface area contributed by atoms with Gasteiger partial charge in [-0.1, -0.05) is 11.6 Å². The molecule has 1 aromatic carbocycles. The van der Waals surface area contributed by atoms with Crippen LogP contribution in [-0.4, -0.2) is 17.2 Å². The molecule has 0 spiro atoms. The lowest BCUT2D eigenvalue weighted by Crippen LogP contribution is -2.07. The van der Waals surface area contributed by atoms with Crippen LogP contribution in [0.2, 0.25) is 5.02 Å². The molecule has 0 unspecified atom stereocenters. The monoisotopic (exact) mass is 277 g/mol. The van der Waals surface area contributed by atoms with Gasteiger partial charge in [0.2, 0.25) is 5.88 Å². The van der Waals surface area contributed by atoms with Crippen LogP contribution in [-0.2, 0) is 6.54 Å². The second-order valence-electron chi connectivity index (χ2n) is 4.36. The van der Waals surface area contributed by atoms with E-state index in [0.29, 0.717) is 17.4 Å². The van der Waals surface area contributed by atoms with E-state index < -0.39 is 0 Å². The Labute approximate surface area is 117 Å². The Morgan fingerprint density at radius 3 is 2.37 bits per heavy atom. The Kier molecular flexibility index (Phi) is 4.35. The quantitative estimate of drug-likeness (QED) is 0.932. The summed E-state index contributed by atoms with van der Waals surface area (Å²) in [7, 11) is 1.87. The van der Waals surface area contributed by atoms with Gasteiger partial charge in [-0.3, -0.25) is 0 Å². The van der Waals surface area contributed by atoms with Gasteiger partial charge < -0.3 is 10.1 Å². The summed E-state index contributed by atoms with van der Waals surface area (Å²) < 4.78 is 5.78. The lowest BCUT2D eigenvalue weighted by Gasteiger charge is -2.11. The van der Waals surface area contributed by atoms with E-state index in [0.717, 1.165) is 22.6 Å². The fourth-order valence-corrected chi connectivity index (χ4v) is 2.17. The van der Waals surface area contributed by atoms with Gasteiger partial charge in [0.1, 0.15) is 5.75 Å². The van der Waals surface area contributed by atoms with Gasteiger partial charge in [0.15, 0.2) is 0 Å². The molecule has 0 radical (unpaired) electrons. The van der Waals surface area contributed by atoms with E-state index in [-0.39, 0.29) is 0 Å². The Morgan fingerprint density at radius 1 is 1.16 bits per heavy atom. The van der Waals surface area contributed by atoms with Crippen LogP contribution in [0, 0.1) is 13.8 Å². The molecule has 5 heteroatoms. The van der Waals surface area contributed by atoms with Crippen molar-refractivity contribution >= 4 is 11.6 Å². The standard InChI is InChI=1S/C14H16ClN3O/c1-9-6-11(15)7-10(2)14(9)19-13-5-4-12(8-16-3)17-18-13/h4-7,16H,8H2,1-3H3. The zero-order chi connectivity index (χ0) is 13.8. The molecule has 0 aliphatic heterocycles. The maximum atomic E-state index is 5.99. The number of benzene rings is 1. The van der Waals surface area contributed by atoms with Crippen molar-refractivity contribution in [3.8, 4) is 11.6 Å². The highest BCUT2D eigenvalue weighted by atomic mass is 35.5. The summed E-state index contributed by atoms with van der Waals surface area (Å²) in [5, 5.41) is 11.9. The minimum absolute atomic E-state index is 0.480. The first-order valence-electron chi connectivity index (χ1n) is 6.02. The predicted octanol–water partition coefficient (Wildman–Crippen LogP) is 3.26. The number of ether oxygens (including phenoxy) is 1. The van der Waals surface area contributed by atoms with Crippen LogP contribution in [0.4, 0.5) is 0 Å². The van der Waals surface area contributed by atoms with E-state index in [1.165, 1.54) is 0 Å². The topological polar surface area (TPSA) is 47.0 Å². The average Bonchev–Trinajstić information content (AvgIpc) is 2.36. The number of aromatic nitrogens is 2. The first-order chi connectivity index (χ1) is 9.10. The number of hydrogen-bond donors (Lipinski definition) is 1. The molecule has 100 valence electrons. The maximum Gasteiger partial charge on any atom is 0.238 e. The van der Waals surface area contributed by atoms with E-state index in [1.54, 1.807) is 0 Å². The fourth-order valence-electron chi connectivity index (χ4n) is 1.84. The summed E-state index contributed by atoms with van der Waals surface area (Å²) in [6.45, 7) is 4.60. The summed E-state index contributed by atoms with van der Waals surface area (Å²) >= 11 is 5.99. The molecule has 0 aliphatic rings. The molecule has 0 amide bonds. The SMILES string of the molecule is CNCc1ccc(Oc2c(C)cc(Cl)cc2C)nn1. The number of halogens is 1. The van der Waals surface area contributed by atoms with Gasteiger partial charge >= 0.3 is 0 Å². The highest BCUT2D eigenvalue weighted by Gasteiger charge is 2.08. The molecule has 2 rings (SSSR count). The van der Waals surface area contributed by atoms with Crippen molar-refractivity contribution in [2.75, 3.05) is 7.05 Å². The number of rotatable bonds is 4. The van der Waals surface area contributed by atoms with Gasteiger partial charge in [0.25, 0.3) is 0 Å². The van der Waals surface area contributed by atoms with Crippen molar-refractivity contribution in [2.45, 2.75) is 20.4 Å². The third-order valence-corrected chi connectivity index (χ3v) is 2.90. The van der Waals surface area contributed by atoms with Gasteiger partial charge in [-0.25, -0.2) is 0 Å². The number of nitrogens with zero attached hydrogens (tertiary/aromatic N) is 2. The first-order valence-corrected chi connectivity index (χ1v) is 6.39. The fraction of sp³-hybridized carbons (Fsp3) is 0.286. The highest BCUT2D eigenvalue weighted by Crippen LogP contribution is 2.30. The van der Waals surface area contributed by atoms with Crippen molar-refractivity contribution in [1.29, 1.82) is 0 Å². The Hall–Kier alpha value is -1.65. The zero-order valence-electron chi connectivity index (χ0n) is 11.2. The highest BCUT2D eigenvalue weighted by molar-refractivity contribution is 6.30. The van der Waals surface area contributed by atoms with Gasteiger partial charge in [-0.15, -0.1) is 5.10 Å². The molecular formula is C14H16ClN3O. The van der Waals surface area contributed by atoms with Crippen LogP contribution < -0.4 is 10.1 Å².